The summed E-state index contributed by atoms with van der Waals surface area (Å²) in [6.45, 7) is 3.67. The minimum atomic E-state index is 0.0201. The van der Waals surface area contributed by atoms with E-state index in [0.717, 1.165) is 42.9 Å². The van der Waals surface area contributed by atoms with Gasteiger partial charge in [0.1, 0.15) is 5.69 Å². The largest absolute Gasteiger partial charge is 0.354 e. The van der Waals surface area contributed by atoms with Crippen LogP contribution in [0.3, 0.4) is 0 Å². The molecule has 1 N–H and O–H groups in total. The van der Waals surface area contributed by atoms with Gasteiger partial charge in [0.2, 0.25) is 0 Å². The molecule has 22 heavy (non-hydrogen) atoms. The van der Waals surface area contributed by atoms with Crippen LogP contribution in [0.2, 0.25) is 5.02 Å². The van der Waals surface area contributed by atoms with Gasteiger partial charge in [0.05, 0.1) is 11.9 Å². The molecular weight excluding hydrogens is 298 g/mol. The van der Waals surface area contributed by atoms with Crippen molar-refractivity contribution in [2.45, 2.75) is 19.8 Å². The zero-order valence-electron chi connectivity index (χ0n) is 12.5. The lowest BCUT2D eigenvalue weighted by Gasteiger charge is -2.15. The molecule has 114 valence electrons. The molecule has 0 radical (unpaired) electrons. The Morgan fingerprint density at radius 2 is 2.00 bits per heavy atom. The third-order valence-corrected chi connectivity index (χ3v) is 4.08. The molecular formula is C17H18ClN3O. The Labute approximate surface area is 135 Å². The van der Waals surface area contributed by atoms with Gasteiger partial charge in [-0.1, -0.05) is 11.6 Å². The number of carbonyl (C=O) groups is 1. The number of halogens is 1. The van der Waals surface area contributed by atoms with E-state index in [0.29, 0.717) is 10.7 Å². The number of hydrogen-bond donors (Lipinski definition) is 1. The van der Waals surface area contributed by atoms with Gasteiger partial charge < -0.3 is 10.2 Å². The second-order valence-corrected chi connectivity index (χ2v) is 5.95. The van der Waals surface area contributed by atoms with Gasteiger partial charge in [0.15, 0.2) is 0 Å². The number of anilines is 2. The molecule has 1 aliphatic heterocycles. The molecule has 0 saturated carbocycles. The van der Waals surface area contributed by atoms with Crippen LogP contribution in [0.5, 0.6) is 0 Å². The van der Waals surface area contributed by atoms with Gasteiger partial charge in [0, 0.05) is 23.8 Å². The summed E-state index contributed by atoms with van der Waals surface area (Å²) in [7, 11) is 0. The van der Waals surface area contributed by atoms with E-state index in [1.807, 2.05) is 36.1 Å². The van der Waals surface area contributed by atoms with Gasteiger partial charge in [0.25, 0.3) is 5.91 Å². The molecule has 0 bridgehead atoms. The Morgan fingerprint density at radius 3 is 2.64 bits per heavy atom. The minimum Gasteiger partial charge on any atom is -0.354 e. The molecule has 0 unspecified atom stereocenters. The predicted molar refractivity (Wildman–Crippen MR) is 88.8 cm³/mol. The van der Waals surface area contributed by atoms with Crippen LogP contribution in [0.4, 0.5) is 11.4 Å². The van der Waals surface area contributed by atoms with Gasteiger partial charge in [-0.25, -0.2) is 4.98 Å². The van der Waals surface area contributed by atoms with Crippen molar-refractivity contribution >= 4 is 28.9 Å². The summed E-state index contributed by atoms with van der Waals surface area (Å²) in [5.74, 6) is 0.0201. The SMILES string of the molecule is Cc1cc(Cl)ccc1Nc1ccc(C(=O)N2CCCC2)nc1. The van der Waals surface area contributed by atoms with E-state index < -0.39 is 0 Å². The fraction of sp³-hybridized carbons (Fsp3) is 0.294. The Bertz CT molecular complexity index is 679. The highest BCUT2D eigenvalue weighted by atomic mass is 35.5. The fourth-order valence-electron chi connectivity index (χ4n) is 2.60. The van der Waals surface area contributed by atoms with E-state index in [4.69, 9.17) is 11.6 Å². The lowest BCUT2D eigenvalue weighted by Crippen LogP contribution is -2.28. The number of pyridine rings is 1. The zero-order valence-corrected chi connectivity index (χ0v) is 13.2. The lowest BCUT2D eigenvalue weighted by molar-refractivity contribution is 0.0787. The molecule has 2 aromatic rings. The van der Waals surface area contributed by atoms with Crippen LogP contribution in [-0.4, -0.2) is 28.9 Å². The van der Waals surface area contributed by atoms with Crippen LogP contribution < -0.4 is 5.32 Å². The third kappa shape index (κ3) is 3.22. The molecule has 1 aromatic heterocycles. The van der Waals surface area contributed by atoms with E-state index >= 15 is 0 Å². The van der Waals surface area contributed by atoms with Crippen molar-refractivity contribution in [3.05, 3.63) is 52.8 Å². The first-order chi connectivity index (χ1) is 10.6. The number of carbonyl (C=O) groups excluding carboxylic acids is 1. The van der Waals surface area contributed by atoms with Crippen LogP contribution in [0, 0.1) is 6.92 Å². The number of hydrogen-bond acceptors (Lipinski definition) is 3. The van der Waals surface area contributed by atoms with Crippen molar-refractivity contribution in [1.82, 2.24) is 9.88 Å². The first kappa shape index (κ1) is 14.9. The Hall–Kier alpha value is -2.07. The van der Waals surface area contributed by atoms with E-state index in [1.54, 1.807) is 12.3 Å². The molecule has 1 aliphatic rings. The number of nitrogens with one attached hydrogen (secondary N) is 1. The number of aryl methyl sites for hydroxylation is 1. The standard InChI is InChI=1S/C17H18ClN3O/c1-12-10-13(18)4-6-15(12)20-14-5-7-16(19-11-14)17(22)21-8-2-3-9-21/h4-7,10-11,20H,2-3,8-9H2,1H3. The highest BCUT2D eigenvalue weighted by Crippen LogP contribution is 2.23. The van der Waals surface area contributed by atoms with E-state index in [-0.39, 0.29) is 5.91 Å². The summed E-state index contributed by atoms with van der Waals surface area (Å²) in [5, 5.41) is 4.00. The Kier molecular flexibility index (Phi) is 4.29. The monoisotopic (exact) mass is 315 g/mol. The van der Waals surface area contributed by atoms with E-state index in [1.165, 1.54) is 0 Å². The molecule has 1 aromatic carbocycles. The molecule has 0 spiro atoms. The van der Waals surface area contributed by atoms with Gasteiger partial charge in [-0.15, -0.1) is 0 Å². The molecule has 1 fully saturated rings. The van der Waals surface area contributed by atoms with Crippen molar-refractivity contribution < 1.29 is 4.79 Å². The fourth-order valence-corrected chi connectivity index (χ4v) is 2.83. The van der Waals surface area contributed by atoms with Gasteiger partial charge in [-0.2, -0.15) is 0 Å². The topological polar surface area (TPSA) is 45.2 Å². The molecule has 1 amide bonds. The molecule has 4 nitrogen and oxygen atoms in total. The highest BCUT2D eigenvalue weighted by Gasteiger charge is 2.20. The van der Waals surface area contributed by atoms with Crippen molar-refractivity contribution in [3.63, 3.8) is 0 Å². The van der Waals surface area contributed by atoms with Gasteiger partial charge in [-0.3, -0.25) is 4.79 Å². The molecule has 3 rings (SSSR count). The summed E-state index contributed by atoms with van der Waals surface area (Å²) in [6.07, 6.45) is 3.86. The van der Waals surface area contributed by atoms with Crippen LogP contribution in [0.15, 0.2) is 36.5 Å². The lowest BCUT2D eigenvalue weighted by atomic mass is 10.2. The zero-order chi connectivity index (χ0) is 15.5. The number of likely N-dealkylation sites (tertiary alicyclic amines) is 1. The summed E-state index contributed by atoms with van der Waals surface area (Å²) in [6, 6.07) is 9.33. The first-order valence-electron chi connectivity index (χ1n) is 7.42. The van der Waals surface area contributed by atoms with Crippen molar-refractivity contribution in [2.75, 3.05) is 18.4 Å². The minimum absolute atomic E-state index is 0.0201. The van der Waals surface area contributed by atoms with Crippen molar-refractivity contribution in [1.29, 1.82) is 0 Å². The summed E-state index contributed by atoms with van der Waals surface area (Å²) < 4.78 is 0. The number of amides is 1. The van der Waals surface area contributed by atoms with Gasteiger partial charge in [-0.05, 0) is 55.7 Å². The predicted octanol–water partition coefficient (Wildman–Crippen LogP) is 4.02. The third-order valence-electron chi connectivity index (χ3n) is 3.84. The number of aromatic nitrogens is 1. The van der Waals surface area contributed by atoms with Crippen LogP contribution in [0.1, 0.15) is 28.9 Å². The second kappa shape index (κ2) is 6.36. The summed E-state index contributed by atoms with van der Waals surface area (Å²) in [5.41, 5.74) is 3.39. The molecule has 0 aliphatic carbocycles. The maximum absolute atomic E-state index is 12.2. The number of benzene rings is 1. The van der Waals surface area contributed by atoms with Crippen LogP contribution >= 0.6 is 11.6 Å². The Balaban J connectivity index is 1.72. The maximum Gasteiger partial charge on any atom is 0.272 e. The second-order valence-electron chi connectivity index (χ2n) is 5.52. The normalized spacial score (nSPS) is 14.2. The average molecular weight is 316 g/mol. The molecule has 1 saturated heterocycles. The summed E-state index contributed by atoms with van der Waals surface area (Å²) in [4.78, 5) is 18.4. The Morgan fingerprint density at radius 1 is 1.23 bits per heavy atom. The van der Waals surface area contributed by atoms with Crippen molar-refractivity contribution in [2.24, 2.45) is 0 Å². The average Bonchev–Trinajstić information content (AvgIpc) is 3.04. The van der Waals surface area contributed by atoms with E-state index in [2.05, 4.69) is 10.3 Å². The van der Waals surface area contributed by atoms with Crippen molar-refractivity contribution in [3.8, 4) is 0 Å². The van der Waals surface area contributed by atoms with E-state index in [9.17, 15) is 4.79 Å². The molecule has 2 heterocycles. The first-order valence-corrected chi connectivity index (χ1v) is 7.80. The number of nitrogens with zero attached hydrogens (tertiary/aromatic N) is 2. The van der Waals surface area contributed by atoms with Gasteiger partial charge >= 0.3 is 0 Å². The quantitative estimate of drug-likeness (QED) is 0.930. The maximum atomic E-state index is 12.2. The molecule has 5 heteroatoms. The summed E-state index contributed by atoms with van der Waals surface area (Å²) >= 11 is 5.96. The van der Waals surface area contributed by atoms with Crippen LogP contribution in [0.25, 0.3) is 0 Å². The van der Waals surface area contributed by atoms with Crippen LogP contribution in [-0.2, 0) is 0 Å². The smallest absolute Gasteiger partial charge is 0.272 e. The highest BCUT2D eigenvalue weighted by molar-refractivity contribution is 6.30. The number of rotatable bonds is 3. The molecule has 0 atom stereocenters.